The molecule has 0 bridgehead atoms. The molecule has 2 heterocycles. The number of para-hydroxylation sites is 1. The number of benzene rings is 1. The van der Waals surface area contributed by atoms with Crippen molar-refractivity contribution in [2.45, 2.75) is 24.2 Å². The fourth-order valence-electron chi connectivity index (χ4n) is 2.92. The zero-order valence-corrected chi connectivity index (χ0v) is 13.0. The topological polar surface area (TPSA) is 74.8 Å². The van der Waals surface area contributed by atoms with E-state index in [4.69, 9.17) is 0 Å². The highest BCUT2D eigenvalue weighted by Crippen LogP contribution is 2.30. The molecule has 118 valence electrons. The second-order valence-electron chi connectivity index (χ2n) is 5.60. The van der Waals surface area contributed by atoms with E-state index in [2.05, 4.69) is 0 Å². The van der Waals surface area contributed by atoms with Crippen LogP contribution in [0.5, 0.6) is 0 Å². The summed E-state index contributed by atoms with van der Waals surface area (Å²) in [6.45, 7) is 1.33. The molecule has 1 fully saturated rings. The first-order valence-corrected chi connectivity index (χ1v) is 9.04. The number of carbonyl (C=O) groups is 2. The van der Waals surface area contributed by atoms with Crippen LogP contribution in [0.4, 0.5) is 5.69 Å². The van der Waals surface area contributed by atoms with Crippen LogP contribution in [-0.2, 0) is 19.4 Å². The maximum absolute atomic E-state index is 12.3. The van der Waals surface area contributed by atoms with Crippen molar-refractivity contribution in [3.05, 3.63) is 24.3 Å². The minimum absolute atomic E-state index is 0.0919. The van der Waals surface area contributed by atoms with E-state index in [0.717, 1.165) is 12.8 Å². The molecule has 1 aromatic carbocycles. The number of rotatable bonds is 2. The van der Waals surface area contributed by atoms with Gasteiger partial charge in [-0.3, -0.25) is 9.59 Å². The molecule has 22 heavy (non-hydrogen) atoms. The first-order valence-electron chi connectivity index (χ1n) is 7.39. The van der Waals surface area contributed by atoms with Crippen LogP contribution in [0, 0.1) is 0 Å². The molecule has 7 heteroatoms. The third-order valence-electron chi connectivity index (χ3n) is 4.13. The summed E-state index contributed by atoms with van der Waals surface area (Å²) < 4.78 is 24.5. The normalized spacial score (nSPS) is 20.6. The quantitative estimate of drug-likeness (QED) is 0.808. The van der Waals surface area contributed by atoms with E-state index in [1.54, 1.807) is 23.1 Å². The average Bonchev–Trinajstić information content (AvgIpc) is 3.02. The van der Waals surface area contributed by atoms with Gasteiger partial charge in [-0.1, -0.05) is 12.1 Å². The predicted molar refractivity (Wildman–Crippen MR) is 81.3 cm³/mol. The van der Waals surface area contributed by atoms with Gasteiger partial charge in [-0.05, 0) is 25.0 Å². The van der Waals surface area contributed by atoms with Gasteiger partial charge < -0.3 is 9.80 Å². The molecule has 0 aliphatic carbocycles. The number of hydrogen-bond donors (Lipinski definition) is 0. The largest absolute Gasteiger partial charge is 0.341 e. The summed E-state index contributed by atoms with van der Waals surface area (Å²) in [4.78, 5) is 27.8. The lowest BCUT2D eigenvalue weighted by Crippen LogP contribution is -2.42. The van der Waals surface area contributed by atoms with Gasteiger partial charge in [0.05, 0.1) is 16.3 Å². The lowest BCUT2D eigenvalue weighted by Gasteiger charge is -2.24. The molecule has 2 aliphatic rings. The Labute approximate surface area is 129 Å². The molecule has 0 spiro atoms. The number of hydrogen-bond acceptors (Lipinski definition) is 4. The van der Waals surface area contributed by atoms with Crippen LogP contribution in [0.1, 0.15) is 19.3 Å². The first-order chi connectivity index (χ1) is 10.5. The molecule has 0 saturated carbocycles. The second kappa shape index (κ2) is 5.72. The molecule has 0 unspecified atom stereocenters. The summed E-state index contributed by atoms with van der Waals surface area (Å²) in [5.74, 6) is -0.655. The smallest absolute Gasteiger partial charge is 0.242 e. The van der Waals surface area contributed by atoms with Crippen LogP contribution in [-0.4, -0.2) is 50.5 Å². The molecule has 0 aromatic heterocycles. The Morgan fingerprint density at radius 3 is 2.55 bits per heavy atom. The van der Waals surface area contributed by atoms with E-state index in [-0.39, 0.29) is 35.4 Å². The standard InChI is InChI=1S/C15H18N2O4S/c18-14-7-10-22(20,21)13-6-2-1-5-12(13)17(14)11-15(19)16-8-3-4-9-16/h1-2,5-6H,3-4,7-11H2. The Morgan fingerprint density at radius 2 is 1.82 bits per heavy atom. The zero-order valence-electron chi connectivity index (χ0n) is 12.2. The number of sulfone groups is 1. The van der Waals surface area contributed by atoms with E-state index in [9.17, 15) is 18.0 Å². The highest BCUT2D eigenvalue weighted by atomic mass is 32.2. The molecule has 1 saturated heterocycles. The van der Waals surface area contributed by atoms with Gasteiger partial charge in [0.15, 0.2) is 9.84 Å². The number of likely N-dealkylation sites (tertiary alicyclic amines) is 1. The number of amides is 2. The number of fused-ring (bicyclic) bond motifs is 1. The van der Waals surface area contributed by atoms with Crippen molar-refractivity contribution in [3.8, 4) is 0 Å². The maximum Gasteiger partial charge on any atom is 0.242 e. The SMILES string of the molecule is O=C(CN1C(=O)CCS(=O)(=O)c2ccccc21)N1CCCC1. The van der Waals surface area contributed by atoms with Crippen molar-refractivity contribution >= 4 is 27.3 Å². The average molecular weight is 322 g/mol. The van der Waals surface area contributed by atoms with Gasteiger partial charge in [0, 0.05) is 19.5 Å². The lowest BCUT2D eigenvalue weighted by molar-refractivity contribution is -0.130. The third kappa shape index (κ3) is 2.72. The summed E-state index contributed by atoms with van der Waals surface area (Å²) in [5, 5.41) is 0. The number of anilines is 1. The van der Waals surface area contributed by atoms with Crippen LogP contribution in [0.25, 0.3) is 0 Å². The van der Waals surface area contributed by atoms with Crippen LogP contribution >= 0.6 is 0 Å². The maximum atomic E-state index is 12.3. The van der Waals surface area contributed by atoms with E-state index in [0.29, 0.717) is 18.8 Å². The van der Waals surface area contributed by atoms with Gasteiger partial charge in [0.2, 0.25) is 11.8 Å². The van der Waals surface area contributed by atoms with Crippen molar-refractivity contribution in [2.24, 2.45) is 0 Å². The minimum Gasteiger partial charge on any atom is -0.341 e. The number of carbonyl (C=O) groups excluding carboxylic acids is 2. The highest BCUT2D eigenvalue weighted by molar-refractivity contribution is 7.91. The van der Waals surface area contributed by atoms with Gasteiger partial charge in [-0.25, -0.2) is 8.42 Å². The van der Waals surface area contributed by atoms with E-state index < -0.39 is 9.84 Å². The summed E-state index contributed by atoms with van der Waals surface area (Å²) >= 11 is 0. The Hall–Kier alpha value is -1.89. The molecule has 2 amide bonds. The van der Waals surface area contributed by atoms with Crippen LogP contribution < -0.4 is 4.90 Å². The van der Waals surface area contributed by atoms with Gasteiger partial charge in [-0.15, -0.1) is 0 Å². The van der Waals surface area contributed by atoms with Crippen LogP contribution in [0.15, 0.2) is 29.2 Å². The van der Waals surface area contributed by atoms with Crippen molar-refractivity contribution < 1.29 is 18.0 Å². The molecule has 0 radical (unpaired) electrons. The third-order valence-corrected chi connectivity index (χ3v) is 5.89. The fraction of sp³-hybridized carbons (Fsp3) is 0.467. The highest BCUT2D eigenvalue weighted by Gasteiger charge is 2.32. The van der Waals surface area contributed by atoms with E-state index in [1.165, 1.54) is 11.0 Å². The van der Waals surface area contributed by atoms with Gasteiger partial charge in [0.25, 0.3) is 0 Å². The summed E-state index contributed by atoms with van der Waals surface area (Å²) in [7, 11) is -3.49. The Bertz CT molecular complexity index is 708. The van der Waals surface area contributed by atoms with Crippen molar-refractivity contribution in [3.63, 3.8) is 0 Å². The molecule has 3 rings (SSSR count). The Morgan fingerprint density at radius 1 is 1.14 bits per heavy atom. The predicted octanol–water partition coefficient (Wildman–Crippen LogP) is 0.819. The van der Waals surface area contributed by atoms with Crippen LogP contribution in [0.2, 0.25) is 0 Å². The summed E-state index contributed by atoms with van der Waals surface area (Å²) in [6, 6.07) is 6.40. The first kappa shape index (κ1) is 15.0. The number of nitrogens with zero attached hydrogens (tertiary/aromatic N) is 2. The molecular weight excluding hydrogens is 304 g/mol. The van der Waals surface area contributed by atoms with Gasteiger partial charge >= 0.3 is 0 Å². The van der Waals surface area contributed by atoms with E-state index >= 15 is 0 Å². The zero-order chi connectivity index (χ0) is 15.7. The second-order valence-corrected chi connectivity index (χ2v) is 7.68. The summed E-state index contributed by atoms with van der Waals surface area (Å²) in [6.07, 6.45) is 1.86. The summed E-state index contributed by atoms with van der Waals surface area (Å²) in [5.41, 5.74) is 0.317. The van der Waals surface area contributed by atoms with E-state index in [1.807, 2.05) is 0 Å². The van der Waals surface area contributed by atoms with Crippen LogP contribution in [0.3, 0.4) is 0 Å². The fourth-order valence-corrected chi connectivity index (χ4v) is 4.37. The van der Waals surface area contributed by atoms with Crippen molar-refractivity contribution in [1.29, 1.82) is 0 Å². The Balaban J connectivity index is 1.94. The molecule has 0 N–H and O–H groups in total. The molecular formula is C15H18N2O4S. The molecule has 0 atom stereocenters. The van der Waals surface area contributed by atoms with Gasteiger partial charge in [-0.2, -0.15) is 0 Å². The monoisotopic (exact) mass is 322 g/mol. The molecule has 2 aliphatic heterocycles. The van der Waals surface area contributed by atoms with Crippen molar-refractivity contribution in [2.75, 3.05) is 30.3 Å². The van der Waals surface area contributed by atoms with Crippen molar-refractivity contribution in [1.82, 2.24) is 4.90 Å². The van der Waals surface area contributed by atoms with Gasteiger partial charge in [0.1, 0.15) is 6.54 Å². The minimum atomic E-state index is -3.49. The Kier molecular flexibility index (Phi) is 3.90. The lowest BCUT2D eigenvalue weighted by atomic mass is 10.2. The molecule has 6 nitrogen and oxygen atoms in total. The molecule has 1 aromatic rings.